The van der Waals surface area contributed by atoms with Crippen molar-refractivity contribution >= 4 is 0 Å². The van der Waals surface area contributed by atoms with E-state index in [1.54, 1.807) is 6.92 Å². The van der Waals surface area contributed by atoms with E-state index in [2.05, 4.69) is 23.2 Å². The predicted molar refractivity (Wildman–Crippen MR) is 73.7 cm³/mol. The van der Waals surface area contributed by atoms with Crippen LogP contribution in [0.5, 0.6) is 5.75 Å². The van der Waals surface area contributed by atoms with Gasteiger partial charge in [0.25, 0.3) is 0 Å². The lowest BCUT2D eigenvalue weighted by molar-refractivity contribution is 0.107. The second-order valence-electron chi connectivity index (χ2n) is 4.29. The Bertz CT molecular complexity index is 432. The molecular weight excluding hydrogens is 226 g/mol. The van der Waals surface area contributed by atoms with Crippen LogP contribution in [0.4, 0.5) is 0 Å². The molecule has 1 unspecified atom stereocenters. The van der Waals surface area contributed by atoms with Crippen molar-refractivity contribution in [1.29, 1.82) is 0 Å². The summed E-state index contributed by atoms with van der Waals surface area (Å²) in [5, 5.41) is 12.8. The van der Waals surface area contributed by atoms with Crippen molar-refractivity contribution in [2.24, 2.45) is 0 Å². The Morgan fingerprint density at radius 3 is 2.83 bits per heavy atom. The minimum absolute atomic E-state index is 0.288. The SMILES string of the molecule is CC#CCNCC(O)COc1ccc(C)cc1C. The molecule has 1 aromatic carbocycles. The molecule has 0 bridgehead atoms. The molecule has 98 valence electrons. The maximum atomic E-state index is 9.72. The predicted octanol–water partition coefficient (Wildman–Crippen LogP) is 1.66. The molecule has 0 spiro atoms. The van der Waals surface area contributed by atoms with Crippen molar-refractivity contribution in [3.63, 3.8) is 0 Å². The zero-order valence-electron chi connectivity index (χ0n) is 11.3. The summed E-state index contributed by atoms with van der Waals surface area (Å²) in [5.41, 5.74) is 2.30. The van der Waals surface area contributed by atoms with Crippen LogP contribution in [0.3, 0.4) is 0 Å². The average Bonchev–Trinajstić information content (AvgIpc) is 2.33. The molecule has 2 N–H and O–H groups in total. The van der Waals surface area contributed by atoms with Crippen LogP contribution in [0.25, 0.3) is 0 Å². The molecule has 1 aromatic rings. The van der Waals surface area contributed by atoms with E-state index < -0.39 is 6.10 Å². The van der Waals surface area contributed by atoms with Crippen molar-refractivity contribution in [1.82, 2.24) is 5.32 Å². The van der Waals surface area contributed by atoms with E-state index in [0.717, 1.165) is 11.3 Å². The first-order valence-corrected chi connectivity index (χ1v) is 6.12. The topological polar surface area (TPSA) is 41.5 Å². The summed E-state index contributed by atoms with van der Waals surface area (Å²) in [5.74, 6) is 6.49. The molecule has 0 saturated heterocycles. The average molecular weight is 247 g/mol. The van der Waals surface area contributed by atoms with Crippen LogP contribution in [-0.4, -0.2) is 30.9 Å². The first-order valence-electron chi connectivity index (χ1n) is 6.12. The quantitative estimate of drug-likeness (QED) is 0.593. The molecule has 0 aliphatic heterocycles. The summed E-state index contributed by atoms with van der Waals surface area (Å²) in [6.45, 7) is 7.21. The van der Waals surface area contributed by atoms with Gasteiger partial charge >= 0.3 is 0 Å². The van der Waals surface area contributed by atoms with E-state index in [-0.39, 0.29) is 6.61 Å². The van der Waals surface area contributed by atoms with E-state index >= 15 is 0 Å². The third-order valence-electron chi connectivity index (χ3n) is 2.53. The van der Waals surface area contributed by atoms with Gasteiger partial charge in [-0.2, -0.15) is 0 Å². The molecule has 0 heterocycles. The molecule has 0 aromatic heterocycles. The van der Waals surface area contributed by atoms with Crippen molar-refractivity contribution in [2.45, 2.75) is 26.9 Å². The summed E-state index contributed by atoms with van der Waals surface area (Å²) < 4.78 is 5.58. The lowest BCUT2D eigenvalue weighted by Crippen LogP contribution is -2.31. The van der Waals surface area contributed by atoms with Gasteiger partial charge in [0.2, 0.25) is 0 Å². The lowest BCUT2D eigenvalue weighted by Gasteiger charge is -2.14. The Morgan fingerprint density at radius 2 is 2.17 bits per heavy atom. The molecule has 0 amide bonds. The third-order valence-corrected chi connectivity index (χ3v) is 2.53. The van der Waals surface area contributed by atoms with Gasteiger partial charge in [-0.05, 0) is 32.4 Å². The Hall–Kier alpha value is -1.50. The number of ether oxygens (including phenoxy) is 1. The van der Waals surface area contributed by atoms with Gasteiger partial charge in [0.1, 0.15) is 18.5 Å². The Balaban J connectivity index is 2.32. The van der Waals surface area contributed by atoms with Gasteiger partial charge in [0, 0.05) is 6.54 Å². The highest BCUT2D eigenvalue weighted by Crippen LogP contribution is 2.18. The van der Waals surface area contributed by atoms with Crippen LogP contribution < -0.4 is 10.1 Å². The summed E-state index contributed by atoms with van der Waals surface area (Å²) in [6, 6.07) is 6.01. The summed E-state index contributed by atoms with van der Waals surface area (Å²) >= 11 is 0. The van der Waals surface area contributed by atoms with Gasteiger partial charge < -0.3 is 15.2 Å². The van der Waals surface area contributed by atoms with E-state index in [0.29, 0.717) is 13.1 Å². The summed E-state index contributed by atoms with van der Waals surface area (Å²) in [4.78, 5) is 0. The minimum atomic E-state index is -0.524. The van der Waals surface area contributed by atoms with Gasteiger partial charge in [-0.25, -0.2) is 0 Å². The molecule has 3 nitrogen and oxygen atoms in total. The smallest absolute Gasteiger partial charge is 0.122 e. The van der Waals surface area contributed by atoms with E-state index in [1.807, 2.05) is 26.0 Å². The van der Waals surface area contributed by atoms with Gasteiger partial charge in [0.05, 0.1) is 6.54 Å². The third kappa shape index (κ3) is 5.22. The van der Waals surface area contributed by atoms with Gasteiger partial charge in [0.15, 0.2) is 0 Å². The first kappa shape index (κ1) is 14.6. The number of aliphatic hydroxyl groups excluding tert-OH is 1. The highest BCUT2D eigenvalue weighted by Gasteiger charge is 2.06. The Kier molecular flexibility index (Phi) is 6.27. The number of rotatable bonds is 6. The second kappa shape index (κ2) is 7.75. The number of nitrogens with one attached hydrogen (secondary N) is 1. The van der Waals surface area contributed by atoms with Crippen LogP contribution in [0.2, 0.25) is 0 Å². The number of aliphatic hydroxyl groups is 1. The lowest BCUT2D eigenvalue weighted by atomic mass is 10.1. The zero-order chi connectivity index (χ0) is 13.4. The maximum Gasteiger partial charge on any atom is 0.122 e. The van der Waals surface area contributed by atoms with Crippen LogP contribution >= 0.6 is 0 Å². The molecule has 1 rings (SSSR count). The molecule has 18 heavy (non-hydrogen) atoms. The van der Waals surface area contributed by atoms with Crippen molar-refractivity contribution < 1.29 is 9.84 Å². The molecule has 3 heteroatoms. The largest absolute Gasteiger partial charge is 0.491 e. The number of hydrogen-bond donors (Lipinski definition) is 2. The van der Waals surface area contributed by atoms with Crippen molar-refractivity contribution in [3.05, 3.63) is 29.3 Å². The van der Waals surface area contributed by atoms with Crippen LogP contribution in [0, 0.1) is 25.7 Å². The summed E-state index contributed by atoms with van der Waals surface area (Å²) in [7, 11) is 0. The van der Waals surface area contributed by atoms with E-state index in [1.165, 1.54) is 5.56 Å². The Labute approximate surface area is 109 Å². The molecule has 0 aliphatic carbocycles. The van der Waals surface area contributed by atoms with Gasteiger partial charge in [-0.3, -0.25) is 0 Å². The highest BCUT2D eigenvalue weighted by molar-refractivity contribution is 5.35. The standard InChI is InChI=1S/C15H21NO2/c1-4-5-8-16-10-14(17)11-18-15-7-6-12(2)9-13(15)3/h6-7,9,14,16-17H,8,10-11H2,1-3H3. The first-order chi connectivity index (χ1) is 8.63. The molecule has 0 fully saturated rings. The maximum absolute atomic E-state index is 9.72. The van der Waals surface area contributed by atoms with Crippen LogP contribution in [0.1, 0.15) is 18.1 Å². The van der Waals surface area contributed by atoms with Gasteiger partial charge in [-0.15, -0.1) is 5.92 Å². The second-order valence-corrected chi connectivity index (χ2v) is 4.29. The normalized spacial score (nSPS) is 11.6. The van der Waals surface area contributed by atoms with E-state index in [9.17, 15) is 5.11 Å². The molecule has 1 atom stereocenters. The molecule has 0 saturated carbocycles. The Morgan fingerprint density at radius 1 is 1.39 bits per heavy atom. The number of aryl methyl sites for hydroxylation is 2. The highest BCUT2D eigenvalue weighted by atomic mass is 16.5. The van der Waals surface area contributed by atoms with Crippen molar-refractivity contribution in [3.8, 4) is 17.6 Å². The fourth-order valence-electron chi connectivity index (χ4n) is 1.60. The summed E-state index contributed by atoms with van der Waals surface area (Å²) in [6.07, 6.45) is -0.524. The minimum Gasteiger partial charge on any atom is -0.491 e. The number of hydrogen-bond acceptors (Lipinski definition) is 3. The molecular formula is C15H21NO2. The van der Waals surface area contributed by atoms with Crippen LogP contribution in [-0.2, 0) is 0 Å². The molecule has 0 radical (unpaired) electrons. The molecule has 0 aliphatic rings. The fourth-order valence-corrected chi connectivity index (χ4v) is 1.60. The van der Waals surface area contributed by atoms with Gasteiger partial charge in [-0.1, -0.05) is 23.6 Å². The van der Waals surface area contributed by atoms with Crippen molar-refractivity contribution in [2.75, 3.05) is 19.7 Å². The number of benzene rings is 1. The van der Waals surface area contributed by atoms with Crippen LogP contribution in [0.15, 0.2) is 18.2 Å². The fraction of sp³-hybridized carbons (Fsp3) is 0.467. The monoisotopic (exact) mass is 247 g/mol. The van der Waals surface area contributed by atoms with E-state index in [4.69, 9.17) is 4.74 Å². The zero-order valence-corrected chi connectivity index (χ0v) is 11.3.